The number of anilines is 1. The summed E-state index contributed by atoms with van der Waals surface area (Å²) in [6.45, 7) is 0. The lowest BCUT2D eigenvalue weighted by Gasteiger charge is -2.06. The van der Waals surface area contributed by atoms with Crippen molar-refractivity contribution in [2.45, 2.75) is 0 Å². The molecule has 2 aromatic carbocycles. The SMILES string of the molecule is COc1ccc(NC(=O)c2cc3cccc(Cl)c3[nH]2)cc1[N+](=O)[O-]. The van der Waals surface area contributed by atoms with Gasteiger partial charge in [-0.25, -0.2) is 0 Å². The van der Waals surface area contributed by atoms with Crippen LogP contribution in [0, 0.1) is 10.1 Å². The fourth-order valence-corrected chi connectivity index (χ4v) is 2.58. The second-order valence-electron chi connectivity index (χ2n) is 4.98. The van der Waals surface area contributed by atoms with Gasteiger partial charge in [-0.05, 0) is 24.3 Å². The molecular formula is C16H12ClN3O4. The predicted molar refractivity (Wildman–Crippen MR) is 90.9 cm³/mol. The van der Waals surface area contributed by atoms with Gasteiger partial charge in [-0.15, -0.1) is 0 Å². The van der Waals surface area contributed by atoms with Crippen molar-refractivity contribution in [2.24, 2.45) is 0 Å². The summed E-state index contributed by atoms with van der Waals surface area (Å²) in [5.41, 5.74) is 1.02. The van der Waals surface area contributed by atoms with Gasteiger partial charge in [-0.1, -0.05) is 23.7 Å². The molecule has 0 atom stereocenters. The molecule has 1 amide bonds. The Kier molecular flexibility index (Phi) is 4.09. The zero-order chi connectivity index (χ0) is 17.3. The number of benzene rings is 2. The Morgan fingerprint density at radius 2 is 2.08 bits per heavy atom. The van der Waals surface area contributed by atoms with Crippen molar-refractivity contribution in [3.8, 4) is 5.75 Å². The normalized spacial score (nSPS) is 10.6. The summed E-state index contributed by atoms with van der Waals surface area (Å²) in [6, 6.07) is 11.2. The van der Waals surface area contributed by atoms with Gasteiger partial charge in [-0.2, -0.15) is 0 Å². The van der Waals surface area contributed by atoms with Crippen molar-refractivity contribution < 1.29 is 14.5 Å². The standard InChI is InChI=1S/C16H12ClN3O4/c1-24-14-6-5-10(8-13(14)20(22)23)18-16(21)12-7-9-3-2-4-11(17)15(9)19-12/h2-8,19H,1H3,(H,18,21). The first-order chi connectivity index (χ1) is 11.5. The number of hydrogen-bond donors (Lipinski definition) is 2. The molecule has 8 heteroatoms. The van der Waals surface area contributed by atoms with Crippen LogP contribution in [0.3, 0.4) is 0 Å². The van der Waals surface area contributed by atoms with Crippen molar-refractivity contribution in [1.29, 1.82) is 0 Å². The first-order valence-electron chi connectivity index (χ1n) is 6.90. The summed E-state index contributed by atoms with van der Waals surface area (Å²) < 4.78 is 4.93. The molecule has 24 heavy (non-hydrogen) atoms. The number of methoxy groups -OCH3 is 1. The minimum atomic E-state index is -0.572. The van der Waals surface area contributed by atoms with Crippen LogP contribution in [0.25, 0.3) is 10.9 Å². The Bertz CT molecular complexity index is 952. The minimum absolute atomic E-state index is 0.121. The number of nitrogens with one attached hydrogen (secondary N) is 2. The quantitative estimate of drug-likeness (QED) is 0.551. The molecule has 0 unspecified atom stereocenters. The van der Waals surface area contributed by atoms with Gasteiger partial charge < -0.3 is 15.0 Å². The number of carbonyl (C=O) groups excluding carboxylic acids is 1. The Labute approximate surface area is 141 Å². The van der Waals surface area contributed by atoms with Crippen LogP contribution in [0.15, 0.2) is 42.5 Å². The second-order valence-corrected chi connectivity index (χ2v) is 5.39. The zero-order valence-electron chi connectivity index (χ0n) is 12.5. The maximum atomic E-state index is 12.3. The lowest BCUT2D eigenvalue weighted by Crippen LogP contribution is -2.12. The number of para-hydroxylation sites is 1. The third kappa shape index (κ3) is 2.89. The molecule has 0 aliphatic rings. The van der Waals surface area contributed by atoms with Gasteiger partial charge in [0.25, 0.3) is 5.91 Å². The van der Waals surface area contributed by atoms with E-state index in [4.69, 9.17) is 16.3 Å². The number of aromatic amines is 1. The highest BCUT2D eigenvalue weighted by Gasteiger charge is 2.17. The van der Waals surface area contributed by atoms with E-state index in [0.29, 0.717) is 16.2 Å². The Hall–Kier alpha value is -3.06. The first kappa shape index (κ1) is 15.8. The highest BCUT2D eigenvalue weighted by Crippen LogP contribution is 2.30. The molecule has 3 aromatic rings. The number of H-pyrrole nitrogens is 1. The van der Waals surface area contributed by atoms with Crippen molar-refractivity contribution >= 4 is 39.8 Å². The molecule has 0 fully saturated rings. The highest BCUT2D eigenvalue weighted by molar-refractivity contribution is 6.35. The minimum Gasteiger partial charge on any atom is -0.490 e. The van der Waals surface area contributed by atoms with E-state index in [2.05, 4.69) is 10.3 Å². The van der Waals surface area contributed by atoms with E-state index >= 15 is 0 Å². The van der Waals surface area contributed by atoms with E-state index in [1.54, 1.807) is 18.2 Å². The average molecular weight is 346 g/mol. The van der Waals surface area contributed by atoms with Crippen molar-refractivity contribution in [3.63, 3.8) is 0 Å². The third-order valence-electron chi connectivity index (χ3n) is 3.48. The van der Waals surface area contributed by atoms with Gasteiger partial charge in [0.2, 0.25) is 0 Å². The number of nitrogens with zero attached hydrogens (tertiary/aromatic N) is 1. The Balaban J connectivity index is 1.90. The molecule has 0 radical (unpaired) electrons. The maximum Gasteiger partial charge on any atom is 0.312 e. The first-order valence-corrected chi connectivity index (χ1v) is 7.28. The van der Waals surface area contributed by atoms with Crippen molar-refractivity contribution in [3.05, 3.63) is 63.3 Å². The van der Waals surface area contributed by atoms with Gasteiger partial charge in [0.15, 0.2) is 5.75 Å². The van der Waals surface area contributed by atoms with Crippen LogP contribution in [0.4, 0.5) is 11.4 Å². The number of amides is 1. The van der Waals surface area contributed by atoms with Crippen molar-refractivity contribution in [2.75, 3.05) is 12.4 Å². The van der Waals surface area contributed by atoms with Crippen LogP contribution in [-0.4, -0.2) is 22.9 Å². The average Bonchev–Trinajstić information content (AvgIpc) is 3.00. The molecule has 0 saturated carbocycles. The largest absolute Gasteiger partial charge is 0.490 e. The van der Waals surface area contributed by atoms with Gasteiger partial charge in [0, 0.05) is 17.1 Å². The van der Waals surface area contributed by atoms with E-state index in [1.807, 2.05) is 6.07 Å². The summed E-state index contributed by atoms with van der Waals surface area (Å²) >= 11 is 6.07. The number of nitro benzene ring substituents is 1. The molecule has 7 nitrogen and oxygen atoms in total. The van der Waals surface area contributed by atoms with Gasteiger partial charge in [0.05, 0.1) is 22.6 Å². The van der Waals surface area contributed by atoms with Crippen LogP contribution < -0.4 is 10.1 Å². The lowest BCUT2D eigenvalue weighted by atomic mass is 10.2. The van der Waals surface area contributed by atoms with Gasteiger partial charge in [-0.3, -0.25) is 14.9 Å². The smallest absolute Gasteiger partial charge is 0.312 e. The number of fused-ring (bicyclic) bond motifs is 1. The lowest BCUT2D eigenvalue weighted by molar-refractivity contribution is -0.385. The third-order valence-corrected chi connectivity index (χ3v) is 3.80. The van der Waals surface area contributed by atoms with Crippen LogP contribution in [0.1, 0.15) is 10.5 Å². The predicted octanol–water partition coefficient (Wildman–Crippen LogP) is 3.99. The number of hydrogen-bond acceptors (Lipinski definition) is 4. The van der Waals surface area contributed by atoms with Crippen LogP contribution >= 0.6 is 11.6 Å². The van der Waals surface area contributed by atoms with Crippen LogP contribution in [0.2, 0.25) is 5.02 Å². The number of halogens is 1. The molecular weight excluding hydrogens is 334 g/mol. The molecule has 0 aliphatic carbocycles. The molecule has 1 heterocycles. The van der Waals surface area contributed by atoms with Crippen molar-refractivity contribution in [1.82, 2.24) is 4.98 Å². The summed E-state index contributed by atoms with van der Waals surface area (Å²) in [5, 5.41) is 15.0. The summed E-state index contributed by atoms with van der Waals surface area (Å²) in [4.78, 5) is 25.7. The van der Waals surface area contributed by atoms with E-state index in [-0.39, 0.29) is 17.1 Å². The monoisotopic (exact) mass is 345 g/mol. The number of aromatic nitrogens is 1. The fourth-order valence-electron chi connectivity index (χ4n) is 2.35. The zero-order valence-corrected chi connectivity index (χ0v) is 13.3. The van der Waals surface area contributed by atoms with Crippen LogP contribution in [0.5, 0.6) is 5.75 Å². The summed E-state index contributed by atoms with van der Waals surface area (Å²) in [7, 11) is 1.34. The maximum absolute atomic E-state index is 12.3. The molecule has 0 aliphatic heterocycles. The Morgan fingerprint density at radius 1 is 1.29 bits per heavy atom. The number of ether oxygens (including phenoxy) is 1. The van der Waals surface area contributed by atoms with E-state index in [1.165, 1.54) is 25.3 Å². The summed E-state index contributed by atoms with van der Waals surface area (Å²) in [6.07, 6.45) is 0. The molecule has 0 bridgehead atoms. The van der Waals surface area contributed by atoms with Gasteiger partial charge in [0.1, 0.15) is 5.69 Å². The fraction of sp³-hybridized carbons (Fsp3) is 0.0625. The molecule has 3 rings (SSSR count). The van der Waals surface area contributed by atoms with E-state index in [0.717, 1.165) is 5.39 Å². The topological polar surface area (TPSA) is 97.3 Å². The molecule has 1 aromatic heterocycles. The molecule has 2 N–H and O–H groups in total. The second kappa shape index (κ2) is 6.21. The molecule has 0 saturated heterocycles. The molecule has 0 spiro atoms. The Morgan fingerprint density at radius 3 is 2.75 bits per heavy atom. The van der Waals surface area contributed by atoms with Gasteiger partial charge >= 0.3 is 5.69 Å². The van der Waals surface area contributed by atoms with Crippen LogP contribution in [-0.2, 0) is 0 Å². The number of rotatable bonds is 4. The highest BCUT2D eigenvalue weighted by atomic mass is 35.5. The number of nitro groups is 1. The number of carbonyl (C=O) groups is 1. The molecule has 122 valence electrons. The summed E-state index contributed by atoms with van der Waals surface area (Å²) in [5.74, 6) is -0.308. The van der Waals surface area contributed by atoms with E-state index in [9.17, 15) is 14.9 Å². The van der Waals surface area contributed by atoms with E-state index < -0.39 is 10.8 Å².